The van der Waals surface area contributed by atoms with Crippen LogP contribution in [0.2, 0.25) is 0 Å². The van der Waals surface area contributed by atoms with E-state index in [-0.39, 0.29) is 26.1 Å². The van der Waals surface area contributed by atoms with E-state index in [4.69, 9.17) is 9.47 Å². The number of nitrogens with zero attached hydrogens (tertiary/aromatic N) is 2. The van der Waals surface area contributed by atoms with Crippen molar-refractivity contribution >= 4 is 23.6 Å². The van der Waals surface area contributed by atoms with Crippen molar-refractivity contribution in [3.05, 3.63) is 71.8 Å². The first kappa shape index (κ1) is 23.3. The Morgan fingerprint density at radius 1 is 0.656 bits per heavy atom. The van der Waals surface area contributed by atoms with Gasteiger partial charge in [0.1, 0.15) is 13.1 Å². The molecule has 3 rings (SSSR count). The summed E-state index contributed by atoms with van der Waals surface area (Å²) in [5.41, 5.74) is 1.96. The lowest BCUT2D eigenvalue weighted by Crippen LogP contribution is -2.57. The molecule has 0 saturated carbocycles. The van der Waals surface area contributed by atoms with Crippen molar-refractivity contribution < 1.29 is 28.7 Å². The second kappa shape index (κ2) is 11.9. The molecule has 1 aliphatic rings. The van der Waals surface area contributed by atoms with Gasteiger partial charge in [0.05, 0.1) is 39.3 Å². The van der Waals surface area contributed by atoms with Gasteiger partial charge in [-0.3, -0.25) is 29.0 Å². The summed E-state index contributed by atoms with van der Waals surface area (Å²) in [5, 5.41) is 0. The topological polar surface area (TPSA) is 93.2 Å². The molecule has 1 fully saturated rings. The van der Waals surface area contributed by atoms with Crippen LogP contribution in [0.1, 0.15) is 24.0 Å². The van der Waals surface area contributed by atoms with Crippen LogP contribution >= 0.6 is 0 Å². The van der Waals surface area contributed by atoms with E-state index in [1.165, 1.54) is 0 Å². The minimum Gasteiger partial charge on any atom is -0.376 e. The summed E-state index contributed by atoms with van der Waals surface area (Å²) in [7, 11) is 0. The van der Waals surface area contributed by atoms with Crippen LogP contribution in [0, 0.1) is 0 Å². The highest BCUT2D eigenvalue weighted by atomic mass is 16.5. The minimum atomic E-state index is -0.573. The molecule has 8 nitrogen and oxygen atoms in total. The van der Waals surface area contributed by atoms with Gasteiger partial charge >= 0.3 is 0 Å². The molecule has 1 aliphatic heterocycles. The van der Waals surface area contributed by atoms with Crippen molar-refractivity contribution in [2.45, 2.75) is 26.1 Å². The Balaban J connectivity index is 1.37. The van der Waals surface area contributed by atoms with Crippen LogP contribution in [-0.4, -0.2) is 59.7 Å². The maximum atomic E-state index is 12.4. The van der Waals surface area contributed by atoms with E-state index in [2.05, 4.69) is 0 Å². The maximum absolute atomic E-state index is 12.4. The van der Waals surface area contributed by atoms with Crippen molar-refractivity contribution in [3.8, 4) is 0 Å². The highest BCUT2D eigenvalue weighted by Crippen LogP contribution is 2.10. The lowest BCUT2D eigenvalue weighted by atomic mass is 10.2. The number of imide groups is 2. The summed E-state index contributed by atoms with van der Waals surface area (Å²) in [6.45, 7) is 0.103. The third-order valence-electron chi connectivity index (χ3n) is 4.93. The first-order valence-corrected chi connectivity index (χ1v) is 10.4. The van der Waals surface area contributed by atoms with Gasteiger partial charge < -0.3 is 9.47 Å². The van der Waals surface area contributed by atoms with Crippen LogP contribution in [0.5, 0.6) is 0 Å². The number of hydrogen-bond acceptors (Lipinski definition) is 6. The Kier molecular flexibility index (Phi) is 8.65. The van der Waals surface area contributed by atoms with E-state index < -0.39 is 36.7 Å². The third kappa shape index (κ3) is 6.83. The molecule has 0 atom stereocenters. The van der Waals surface area contributed by atoms with E-state index in [9.17, 15) is 19.2 Å². The minimum absolute atomic E-state index is 0.0207. The van der Waals surface area contributed by atoms with E-state index in [0.29, 0.717) is 13.2 Å². The van der Waals surface area contributed by atoms with Gasteiger partial charge in [-0.05, 0) is 11.1 Å². The monoisotopic (exact) mass is 438 g/mol. The van der Waals surface area contributed by atoms with Crippen molar-refractivity contribution in [1.29, 1.82) is 0 Å². The highest BCUT2D eigenvalue weighted by molar-refractivity contribution is 6.08. The number of carbonyl (C=O) groups excluding carboxylic acids is 4. The number of hydrogen-bond donors (Lipinski definition) is 0. The van der Waals surface area contributed by atoms with Gasteiger partial charge in [0.15, 0.2) is 0 Å². The SMILES string of the molecule is O=C(CCOCc1ccccc1)N1CC(=O)N(C(=O)CCOCc2ccccc2)CC1=O. The summed E-state index contributed by atoms with van der Waals surface area (Å²) in [5.74, 6) is -2.13. The van der Waals surface area contributed by atoms with Crippen LogP contribution in [0.4, 0.5) is 0 Å². The van der Waals surface area contributed by atoms with Gasteiger partial charge in [0, 0.05) is 0 Å². The molecule has 2 aromatic carbocycles. The number of carbonyl (C=O) groups is 4. The molecule has 168 valence electrons. The van der Waals surface area contributed by atoms with Crippen LogP contribution in [0.3, 0.4) is 0 Å². The van der Waals surface area contributed by atoms with Gasteiger partial charge in [0.25, 0.3) is 0 Å². The molecule has 0 spiro atoms. The highest BCUT2D eigenvalue weighted by Gasteiger charge is 2.36. The van der Waals surface area contributed by atoms with Crippen LogP contribution in [-0.2, 0) is 41.9 Å². The van der Waals surface area contributed by atoms with E-state index >= 15 is 0 Å². The zero-order valence-electron chi connectivity index (χ0n) is 17.8. The van der Waals surface area contributed by atoms with Gasteiger partial charge in [-0.1, -0.05) is 60.7 Å². The quantitative estimate of drug-likeness (QED) is 0.526. The standard InChI is InChI=1S/C24H26N2O6/c27-21(11-13-31-17-19-7-3-1-4-8-19)25-15-24(30)26(16-23(25)29)22(28)12-14-32-18-20-9-5-2-6-10-20/h1-10H,11-18H2. The number of benzene rings is 2. The van der Waals surface area contributed by atoms with Gasteiger partial charge in [0.2, 0.25) is 23.6 Å². The van der Waals surface area contributed by atoms with Gasteiger partial charge in [-0.2, -0.15) is 0 Å². The Hall–Kier alpha value is -3.36. The molecule has 1 heterocycles. The number of piperazine rings is 1. The summed E-state index contributed by atoms with van der Waals surface area (Å²) in [4.78, 5) is 51.2. The van der Waals surface area contributed by atoms with E-state index in [1.54, 1.807) is 0 Å². The molecule has 8 heteroatoms. The average Bonchev–Trinajstić information content (AvgIpc) is 2.82. The Labute approximate surface area is 186 Å². The molecular weight excluding hydrogens is 412 g/mol. The summed E-state index contributed by atoms with van der Waals surface area (Å²) in [6.07, 6.45) is -0.0414. The molecule has 0 radical (unpaired) electrons. The molecule has 0 N–H and O–H groups in total. The second-order valence-electron chi connectivity index (χ2n) is 7.32. The largest absolute Gasteiger partial charge is 0.376 e. The summed E-state index contributed by atoms with van der Waals surface area (Å²) < 4.78 is 10.9. The molecule has 32 heavy (non-hydrogen) atoms. The zero-order chi connectivity index (χ0) is 22.8. The Bertz CT molecular complexity index is 855. The van der Waals surface area contributed by atoms with Crippen molar-refractivity contribution in [1.82, 2.24) is 9.80 Å². The molecule has 4 amide bonds. The lowest BCUT2D eigenvalue weighted by molar-refractivity contribution is -0.163. The fraction of sp³-hybridized carbons (Fsp3) is 0.333. The van der Waals surface area contributed by atoms with E-state index in [0.717, 1.165) is 20.9 Å². The lowest BCUT2D eigenvalue weighted by Gasteiger charge is -2.31. The molecule has 0 aliphatic carbocycles. The third-order valence-corrected chi connectivity index (χ3v) is 4.93. The van der Waals surface area contributed by atoms with Crippen molar-refractivity contribution in [3.63, 3.8) is 0 Å². The van der Waals surface area contributed by atoms with Crippen LogP contribution < -0.4 is 0 Å². The fourth-order valence-corrected chi connectivity index (χ4v) is 3.19. The fourth-order valence-electron chi connectivity index (χ4n) is 3.19. The molecule has 2 aromatic rings. The molecule has 0 bridgehead atoms. The first-order chi connectivity index (χ1) is 15.5. The molecular formula is C24H26N2O6. The normalized spacial score (nSPS) is 14.0. The first-order valence-electron chi connectivity index (χ1n) is 10.4. The predicted octanol–water partition coefficient (Wildman–Crippen LogP) is 1.92. The van der Waals surface area contributed by atoms with Crippen LogP contribution in [0.15, 0.2) is 60.7 Å². The smallest absolute Gasteiger partial charge is 0.249 e. The van der Waals surface area contributed by atoms with Crippen LogP contribution in [0.25, 0.3) is 0 Å². The average molecular weight is 438 g/mol. The summed E-state index contributed by atoms with van der Waals surface area (Å²) >= 11 is 0. The second-order valence-corrected chi connectivity index (χ2v) is 7.32. The maximum Gasteiger partial charge on any atom is 0.249 e. The van der Waals surface area contributed by atoms with Gasteiger partial charge in [-0.15, -0.1) is 0 Å². The summed E-state index contributed by atoms with van der Waals surface area (Å²) in [6, 6.07) is 19.0. The molecule has 0 unspecified atom stereocenters. The number of ether oxygens (including phenoxy) is 2. The Morgan fingerprint density at radius 3 is 1.41 bits per heavy atom. The number of rotatable bonds is 10. The Morgan fingerprint density at radius 2 is 1.03 bits per heavy atom. The molecule has 1 saturated heterocycles. The zero-order valence-corrected chi connectivity index (χ0v) is 17.8. The predicted molar refractivity (Wildman–Crippen MR) is 115 cm³/mol. The van der Waals surface area contributed by atoms with Crippen molar-refractivity contribution in [2.24, 2.45) is 0 Å². The van der Waals surface area contributed by atoms with E-state index in [1.807, 2.05) is 60.7 Å². The van der Waals surface area contributed by atoms with Crippen molar-refractivity contribution in [2.75, 3.05) is 26.3 Å². The molecule has 0 aromatic heterocycles. The van der Waals surface area contributed by atoms with Gasteiger partial charge in [-0.25, -0.2) is 0 Å². The number of amides is 4.